The predicted molar refractivity (Wildman–Crippen MR) is 85.1 cm³/mol. The molecule has 0 spiro atoms. The fraction of sp³-hybridized carbons (Fsp3) is 0.647. The average Bonchev–Trinajstić information content (AvgIpc) is 2.42. The minimum atomic E-state index is -0.167. The lowest BCUT2D eigenvalue weighted by molar-refractivity contribution is 0.0464. The lowest BCUT2D eigenvalue weighted by Gasteiger charge is -2.36. The highest BCUT2D eigenvalue weighted by molar-refractivity contribution is 5.55. The molecule has 1 aliphatic carbocycles. The number of aliphatic hydroxyl groups is 1. The van der Waals surface area contributed by atoms with Gasteiger partial charge in [0.15, 0.2) is 0 Å². The topological polar surface area (TPSA) is 35.5 Å². The molecule has 1 fully saturated rings. The molecule has 2 N–H and O–H groups in total. The molecule has 0 aliphatic heterocycles. The molecule has 1 aromatic carbocycles. The van der Waals surface area contributed by atoms with Gasteiger partial charge in [0.2, 0.25) is 0 Å². The van der Waals surface area contributed by atoms with Crippen LogP contribution in [0.1, 0.15) is 44.7 Å². The number of hydrogen-bond donors (Lipinski definition) is 2. The number of nitrogens with one attached hydrogen (secondary N) is 1. The van der Waals surface area contributed by atoms with E-state index in [1.807, 2.05) is 18.0 Å². The van der Waals surface area contributed by atoms with E-state index in [0.717, 1.165) is 37.9 Å². The molecule has 0 radical (unpaired) electrons. The van der Waals surface area contributed by atoms with Crippen LogP contribution in [0.3, 0.4) is 0 Å². The van der Waals surface area contributed by atoms with Crippen LogP contribution in [0.15, 0.2) is 18.2 Å². The zero-order valence-corrected chi connectivity index (χ0v) is 13.3. The zero-order valence-electron chi connectivity index (χ0n) is 13.3. The molecule has 1 unspecified atom stereocenters. The minimum Gasteiger partial charge on any atom is -0.393 e. The molecule has 4 heteroatoms. The number of para-hydroxylation sites is 1. The Kier molecular flexibility index (Phi) is 5.59. The van der Waals surface area contributed by atoms with E-state index in [2.05, 4.69) is 19.2 Å². The van der Waals surface area contributed by atoms with Gasteiger partial charge in [0.1, 0.15) is 5.82 Å². The van der Waals surface area contributed by atoms with Crippen LogP contribution in [0.5, 0.6) is 0 Å². The number of halogens is 1. The van der Waals surface area contributed by atoms with Crippen LogP contribution in [0.2, 0.25) is 0 Å². The summed E-state index contributed by atoms with van der Waals surface area (Å²) < 4.78 is 14.3. The van der Waals surface area contributed by atoms with Crippen molar-refractivity contribution in [3.8, 4) is 0 Å². The number of anilines is 1. The van der Waals surface area contributed by atoms with Crippen LogP contribution < -0.4 is 10.2 Å². The summed E-state index contributed by atoms with van der Waals surface area (Å²) in [5.74, 6) is 0.302. The van der Waals surface area contributed by atoms with E-state index in [4.69, 9.17) is 0 Å². The Morgan fingerprint density at radius 2 is 2.14 bits per heavy atom. The zero-order chi connectivity index (χ0) is 15.4. The maximum absolute atomic E-state index is 14.3. The van der Waals surface area contributed by atoms with Crippen molar-refractivity contribution in [3.63, 3.8) is 0 Å². The average molecular weight is 294 g/mol. The molecule has 0 bridgehead atoms. The lowest BCUT2D eigenvalue weighted by atomic mass is 9.82. The van der Waals surface area contributed by atoms with Crippen molar-refractivity contribution in [3.05, 3.63) is 29.6 Å². The Morgan fingerprint density at radius 3 is 2.76 bits per heavy atom. The second-order valence-electron chi connectivity index (χ2n) is 6.23. The first kappa shape index (κ1) is 16.2. The van der Waals surface area contributed by atoms with E-state index in [9.17, 15) is 9.50 Å². The van der Waals surface area contributed by atoms with E-state index in [-0.39, 0.29) is 18.0 Å². The Hall–Kier alpha value is -1.13. The van der Waals surface area contributed by atoms with Crippen LogP contribution in [-0.2, 0) is 0 Å². The van der Waals surface area contributed by atoms with Crippen LogP contribution in [0, 0.1) is 11.7 Å². The van der Waals surface area contributed by atoms with Gasteiger partial charge in [-0.15, -0.1) is 0 Å². The number of benzene rings is 1. The summed E-state index contributed by atoms with van der Waals surface area (Å²) in [5.41, 5.74) is 1.70. The predicted octanol–water partition coefficient (Wildman–Crippen LogP) is 3.09. The van der Waals surface area contributed by atoms with Gasteiger partial charge in [-0.2, -0.15) is 0 Å². The van der Waals surface area contributed by atoms with Crippen molar-refractivity contribution in [2.24, 2.45) is 5.92 Å². The van der Waals surface area contributed by atoms with Crippen molar-refractivity contribution >= 4 is 5.69 Å². The van der Waals surface area contributed by atoms with E-state index >= 15 is 0 Å². The molecule has 1 atom stereocenters. The summed E-state index contributed by atoms with van der Waals surface area (Å²) >= 11 is 0. The van der Waals surface area contributed by atoms with Gasteiger partial charge in [-0.25, -0.2) is 4.39 Å². The van der Waals surface area contributed by atoms with Crippen molar-refractivity contribution in [1.29, 1.82) is 0 Å². The molecule has 21 heavy (non-hydrogen) atoms. The molecular formula is C17H27FN2O. The SMILES string of the molecule is CCCNC(C)c1cccc(F)c1N(C)CC1CC(O)C1. The largest absolute Gasteiger partial charge is 0.393 e. The van der Waals surface area contributed by atoms with E-state index < -0.39 is 0 Å². The molecule has 1 aromatic rings. The third-order valence-electron chi connectivity index (χ3n) is 4.31. The third-order valence-corrected chi connectivity index (χ3v) is 4.31. The van der Waals surface area contributed by atoms with Crippen LogP contribution in [0.4, 0.5) is 10.1 Å². The van der Waals surface area contributed by atoms with Crippen molar-refractivity contribution < 1.29 is 9.50 Å². The van der Waals surface area contributed by atoms with Crippen molar-refractivity contribution in [2.45, 2.75) is 45.3 Å². The first-order valence-electron chi connectivity index (χ1n) is 7.93. The maximum atomic E-state index is 14.3. The van der Waals surface area contributed by atoms with Gasteiger partial charge in [-0.1, -0.05) is 19.1 Å². The minimum absolute atomic E-state index is 0.130. The summed E-state index contributed by atoms with van der Waals surface area (Å²) in [4.78, 5) is 2.01. The molecule has 118 valence electrons. The van der Waals surface area contributed by atoms with Gasteiger partial charge < -0.3 is 15.3 Å². The fourth-order valence-corrected chi connectivity index (χ4v) is 3.08. The highest BCUT2D eigenvalue weighted by Crippen LogP contribution is 2.33. The molecule has 0 saturated heterocycles. The number of hydrogen-bond acceptors (Lipinski definition) is 3. The van der Waals surface area contributed by atoms with E-state index in [1.165, 1.54) is 6.07 Å². The Bertz CT molecular complexity index is 460. The second kappa shape index (κ2) is 7.23. The Balaban J connectivity index is 2.12. The van der Waals surface area contributed by atoms with Gasteiger partial charge in [-0.05, 0) is 50.3 Å². The highest BCUT2D eigenvalue weighted by Gasteiger charge is 2.29. The third kappa shape index (κ3) is 3.95. The quantitative estimate of drug-likeness (QED) is 0.811. The summed E-state index contributed by atoms with van der Waals surface area (Å²) in [6, 6.07) is 5.43. The van der Waals surface area contributed by atoms with E-state index in [0.29, 0.717) is 11.6 Å². The first-order chi connectivity index (χ1) is 10.0. The molecule has 0 aromatic heterocycles. The molecule has 0 amide bonds. The summed E-state index contributed by atoms with van der Waals surface area (Å²) in [7, 11) is 1.94. The normalized spacial score (nSPS) is 22.7. The van der Waals surface area contributed by atoms with Crippen molar-refractivity contribution in [2.75, 3.05) is 25.0 Å². The van der Waals surface area contributed by atoms with E-state index in [1.54, 1.807) is 6.07 Å². The first-order valence-corrected chi connectivity index (χ1v) is 7.93. The molecule has 1 saturated carbocycles. The summed E-state index contributed by atoms with van der Waals surface area (Å²) in [5, 5.41) is 12.8. The van der Waals surface area contributed by atoms with Crippen LogP contribution in [0.25, 0.3) is 0 Å². The fourth-order valence-electron chi connectivity index (χ4n) is 3.08. The molecule has 1 aliphatic rings. The summed E-state index contributed by atoms with van der Waals surface area (Å²) in [6.07, 6.45) is 2.56. The molecule has 3 nitrogen and oxygen atoms in total. The lowest BCUT2D eigenvalue weighted by Crippen LogP contribution is -2.38. The number of rotatable bonds is 7. The van der Waals surface area contributed by atoms with Gasteiger partial charge >= 0.3 is 0 Å². The standard InChI is InChI=1S/C17H27FN2O/c1-4-8-19-12(2)15-6-5-7-16(18)17(15)20(3)11-13-9-14(21)10-13/h5-7,12-14,19,21H,4,8-11H2,1-3H3. The molecule has 0 heterocycles. The molecule has 2 rings (SSSR count). The Morgan fingerprint density at radius 1 is 1.43 bits per heavy atom. The Labute approximate surface area is 127 Å². The monoisotopic (exact) mass is 294 g/mol. The second-order valence-corrected chi connectivity index (χ2v) is 6.23. The van der Waals surface area contributed by atoms with Crippen molar-refractivity contribution in [1.82, 2.24) is 5.32 Å². The summed E-state index contributed by atoms with van der Waals surface area (Å²) in [6.45, 7) is 5.93. The highest BCUT2D eigenvalue weighted by atomic mass is 19.1. The van der Waals surface area contributed by atoms with Gasteiger partial charge in [0, 0.05) is 19.6 Å². The van der Waals surface area contributed by atoms with Crippen LogP contribution >= 0.6 is 0 Å². The van der Waals surface area contributed by atoms with Crippen LogP contribution in [-0.4, -0.2) is 31.3 Å². The van der Waals surface area contributed by atoms with Gasteiger partial charge in [0.25, 0.3) is 0 Å². The number of nitrogens with zero attached hydrogens (tertiary/aromatic N) is 1. The van der Waals surface area contributed by atoms with Gasteiger partial charge in [-0.3, -0.25) is 0 Å². The maximum Gasteiger partial charge on any atom is 0.146 e. The number of aliphatic hydroxyl groups excluding tert-OH is 1. The van der Waals surface area contributed by atoms with Gasteiger partial charge in [0.05, 0.1) is 11.8 Å². The smallest absolute Gasteiger partial charge is 0.146 e. The molecular weight excluding hydrogens is 267 g/mol.